The van der Waals surface area contributed by atoms with Crippen molar-refractivity contribution in [3.63, 3.8) is 0 Å². The Morgan fingerprint density at radius 1 is 1.12 bits per heavy atom. The van der Waals surface area contributed by atoms with Crippen LogP contribution in [0.15, 0.2) is 54.7 Å². The van der Waals surface area contributed by atoms with Gasteiger partial charge in [-0.05, 0) is 47.5 Å². The Bertz CT molecular complexity index is 1290. The number of amides is 4. The van der Waals surface area contributed by atoms with E-state index in [2.05, 4.69) is 21.0 Å². The first-order valence-electron chi connectivity index (χ1n) is 9.89. The van der Waals surface area contributed by atoms with Gasteiger partial charge in [0.25, 0.3) is 11.8 Å². The summed E-state index contributed by atoms with van der Waals surface area (Å²) in [5.41, 5.74) is -2.03. The Balaban J connectivity index is 1.65. The van der Waals surface area contributed by atoms with Gasteiger partial charge in [0.05, 0.1) is 17.8 Å². The summed E-state index contributed by atoms with van der Waals surface area (Å²) in [6.07, 6.45) is -3.13. The number of benzene rings is 2. The van der Waals surface area contributed by atoms with Crippen LogP contribution in [0.3, 0.4) is 0 Å². The average molecular weight is 475 g/mol. The molecule has 2 heterocycles. The van der Waals surface area contributed by atoms with E-state index >= 15 is 0 Å². The maximum absolute atomic E-state index is 14.0. The van der Waals surface area contributed by atoms with Gasteiger partial charge in [-0.2, -0.15) is 18.3 Å². The summed E-state index contributed by atoms with van der Waals surface area (Å²) in [7, 11) is 1.55. The number of nitrogens with one attached hydrogen (secondary N) is 3. The number of aromatic nitrogens is 2. The van der Waals surface area contributed by atoms with Gasteiger partial charge in [0.15, 0.2) is 5.54 Å². The molecule has 0 bridgehead atoms. The van der Waals surface area contributed by atoms with Crippen LogP contribution in [-0.2, 0) is 23.6 Å². The van der Waals surface area contributed by atoms with Crippen molar-refractivity contribution in [2.24, 2.45) is 7.05 Å². The van der Waals surface area contributed by atoms with E-state index in [-0.39, 0.29) is 23.2 Å². The third kappa shape index (κ3) is 4.09. The van der Waals surface area contributed by atoms with Crippen LogP contribution in [0.1, 0.15) is 21.6 Å². The first-order chi connectivity index (χ1) is 16.0. The van der Waals surface area contributed by atoms with Crippen molar-refractivity contribution in [2.75, 3.05) is 6.54 Å². The molecule has 34 heavy (non-hydrogen) atoms. The number of hydrogen-bond donors (Lipinski definition) is 3. The van der Waals surface area contributed by atoms with Crippen molar-refractivity contribution in [1.82, 2.24) is 25.7 Å². The first-order valence-corrected chi connectivity index (χ1v) is 9.89. The summed E-state index contributed by atoms with van der Waals surface area (Å²) in [5, 5.41) is 11.2. The Labute approximate surface area is 189 Å². The van der Waals surface area contributed by atoms with Gasteiger partial charge >= 0.3 is 12.2 Å². The van der Waals surface area contributed by atoms with Gasteiger partial charge in [0, 0.05) is 18.8 Å². The second kappa shape index (κ2) is 8.28. The van der Waals surface area contributed by atoms with Gasteiger partial charge in [-0.25, -0.2) is 9.18 Å². The largest absolute Gasteiger partial charge is 0.416 e. The zero-order valence-corrected chi connectivity index (χ0v) is 17.5. The van der Waals surface area contributed by atoms with Crippen LogP contribution in [0, 0.1) is 5.82 Å². The molecule has 3 aromatic rings. The highest BCUT2D eigenvalue weighted by atomic mass is 19.4. The molecule has 2 aromatic carbocycles. The molecule has 8 nitrogen and oxygen atoms in total. The smallest absolute Gasteiger partial charge is 0.349 e. The number of alkyl halides is 3. The first kappa shape index (κ1) is 23.0. The molecule has 3 N–H and O–H groups in total. The number of carbonyl (C=O) groups excluding carboxylic acids is 3. The Morgan fingerprint density at radius 2 is 1.82 bits per heavy atom. The number of carbonyl (C=O) groups is 3. The number of urea groups is 1. The second-order valence-electron chi connectivity index (χ2n) is 7.60. The van der Waals surface area contributed by atoms with Crippen LogP contribution in [0.2, 0.25) is 0 Å². The van der Waals surface area contributed by atoms with Crippen molar-refractivity contribution in [3.8, 4) is 11.1 Å². The lowest BCUT2D eigenvalue weighted by atomic mass is 9.94. The molecule has 0 aliphatic carbocycles. The summed E-state index contributed by atoms with van der Waals surface area (Å²) in [4.78, 5) is 37.5. The molecule has 4 rings (SSSR count). The molecule has 1 aromatic heterocycles. The van der Waals surface area contributed by atoms with E-state index in [4.69, 9.17) is 0 Å². The molecule has 0 saturated carbocycles. The molecule has 1 atom stereocenters. The van der Waals surface area contributed by atoms with Gasteiger partial charge in [-0.15, -0.1) is 0 Å². The fourth-order valence-corrected chi connectivity index (χ4v) is 3.78. The lowest BCUT2D eigenvalue weighted by Crippen LogP contribution is -2.53. The molecule has 4 amide bonds. The topological polar surface area (TPSA) is 105 Å². The number of halogens is 4. The monoisotopic (exact) mass is 475 g/mol. The van der Waals surface area contributed by atoms with Crippen LogP contribution in [-0.4, -0.2) is 34.2 Å². The minimum Gasteiger partial charge on any atom is -0.349 e. The highest BCUT2D eigenvalue weighted by Gasteiger charge is 2.50. The van der Waals surface area contributed by atoms with Crippen molar-refractivity contribution in [2.45, 2.75) is 11.7 Å². The van der Waals surface area contributed by atoms with Crippen LogP contribution >= 0.6 is 0 Å². The molecule has 0 spiro atoms. The molecule has 1 saturated heterocycles. The van der Waals surface area contributed by atoms with E-state index in [1.807, 2.05) is 0 Å². The highest BCUT2D eigenvalue weighted by molar-refractivity contribution is 6.08. The van der Waals surface area contributed by atoms with Crippen molar-refractivity contribution in [1.29, 1.82) is 0 Å². The number of imide groups is 1. The maximum atomic E-state index is 14.0. The minimum atomic E-state index is -4.55. The summed E-state index contributed by atoms with van der Waals surface area (Å²) in [5.74, 6) is -2.13. The van der Waals surface area contributed by atoms with Gasteiger partial charge < -0.3 is 10.6 Å². The number of nitrogens with zero attached hydrogens (tertiary/aromatic N) is 2. The zero-order valence-electron chi connectivity index (χ0n) is 17.5. The predicted molar refractivity (Wildman–Crippen MR) is 111 cm³/mol. The molecule has 176 valence electrons. The van der Waals surface area contributed by atoms with E-state index < -0.39 is 40.9 Å². The molecule has 0 unspecified atom stereocenters. The van der Waals surface area contributed by atoms with E-state index in [0.29, 0.717) is 5.69 Å². The minimum absolute atomic E-state index is 0.0361. The Hall–Kier alpha value is -4.22. The maximum Gasteiger partial charge on any atom is 0.416 e. The van der Waals surface area contributed by atoms with Gasteiger partial charge in [-0.3, -0.25) is 19.6 Å². The summed E-state index contributed by atoms with van der Waals surface area (Å²) in [6, 6.07) is 7.92. The number of aryl methyl sites for hydroxylation is 1. The van der Waals surface area contributed by atoms with E-state index in [1.54, 1.807) is 7.05 Å². The second-order valence-corrected chi connectivity index (χ2v) is 7.60. The van der Waals surface area contributed by atoms with E-state index in [0.717, 1.165) is 36.4 Å². The molecule has 0 radical (unpaired) electrons. The van der Waals surface area contributed by atoms with E-state index in [9.17, 15) is 31.9 Å². The van der Waals surface area contributed by atoms with Crippen LogP contribution in [0.4, 0.5) is 22.4 Å². The molecule has 1 fully saturated rings. The standard InChI is InChI=1S/C22H17F4N5O3/c1-31-17(8-9-28-31)21(19(33)29-20(34)30-21)11-27-18(32)15-7-6-14(23)10-16(15)12-2-4-13(5-3-12)22(24,25)26/h2-10H,11H2,1H3,(H,27,32)(H2,29,30,33,34)/t21-/m1/s1. The molecule has 12 heteroatoms. The van der Waals surface area contributed by atoms with Crippen molar-refractivity contribution >= 4 is 17.8 Å². The van der Waals surface area contributed by atoms with Gasteiger partial charge in [0.1, 0.15) is 5.82 Å². The van der Waals surface area contributed by atoms with Crippen molar-refractivity contribution < 1.29 is 31.9 Å². The van der Waals surface area contributed by atoms with Gasteiger partial charge in [0.2, 0.25) is 0 Å². The predicted octanol–water partition coefficient (Wildman–Crippen LogP) is 2.71. The fourth-order valence-electron chi connectivity index (χ4n) is 3.78. The fraction of sp³-hybridized carbons (Fsp3) is 0.182. The number of hydrogen-bond acceptors (Lipinski definition) is 4. The SMILES string of the molecule is Cn1nccc1[C@@]1(CNC(=O)c2ccc(F)cc2-c2ccc(C(F)(F)F)cc2)NC(=O)NC1=O. The van der Waals surface area contributed by atoms with Gasteiger partial charge in [-0.1, -0.05) is 12.1 Å². The van der Waals surface area contributed by atoms with Crippen LogP contribution in [0.25, 0.3) is 11.1 Å². The highest BCUT2D eigenvalue weighted by Crippen LogP contribution is 2.32. The van der Waals surface area contributed by atoms with Crippen LogP contribution < -0.4 is 16.0 Å². The summed E-state index contributed by atoms with van der Waals surface area (Å²) >= 11 is 0. The van der Waals surface area contributed by atoms with Crippen LogP contribution in [0.5, 0.6) is 0 Å². The van der Waals surface area contributed by atoms with Crippen molar-refractivity contribution in [3.05, 3.63) is 77.4 Å². The third-order valence-corrected chi connectivity index (χ3v) is 5.46. The average Bonchev–Trinajstić information content (AvgIpc) is 3.33. The Kier molecular flexibility index (Phi) is 5.59. The summed E-state index contributed by atoms with van der Waals surface area (Å²) in [6.45, 7) is -0.368. The quantitative estimate of drug-likeness (QED) is 0.390. The Morgan fingerprint density at radius 3 is 2.38 bits per heavy atom. The molecular weight excluding hydrogens is 458 g/mol. The third-order valence-electron chi connectivity index (χ3n) is 5.46. The number of rotatable bonds is 5. The molecule has 1 aliphatic rings. The molecular formula is C22H17F4N5O3. The molecule has 1 aliphatic heterocycles. The summed E-state index contributed by atoms with van der Waals surface area (Å²) < 4.78 is 54.0. The lowest BCUT2D eigenvalue weighted by Gasteiger charge is -2.26. The van der Waals surface area contributed by atoms with E-state index in [1.165, 1.54) is 23.0 Å². The normalized spacial score (nSPS) is 17.9. The lowest BCUT2D eigenvalue weighted by molar-refractivity contribution is -0.137. The zero-order chi connectivity index (χ0) is 24.7.